The summed E-state index contributed by atoms with van der Waals surface area (Å²) < 4.78 is 22.5. The van der Waals surface area contributed by atoms with Gasteiger partial charge in [0, 0.05) is 12.8 Å². The van der Waals surface area contributed by atoms with E-state index in [1.165, 1.54) is 26.6 Å². The van der Waals surface area contributed by atoms with Gasteiger partial charge in [0.15, 0.2) is 23.0 Å². The van der Waals surface area contributed by atoms with Crippen molar-refractivity contribution in [1.29, 1.82) is 0 Å². The molecule has 10 nitrogen and oxygen atoms in total. The maximum Gasteiger partial charge on any atom is 0.240 e. The lowest BCUT2D eigenvalue weighted by molar-refractivity contribution is -0.123. The minimum atomic E-state index is -0.247. The highest BCUT2D eigenvalue weighted by atomic mass is 79.9. The van der Waals surface area contributed by atoms with Crippen molar-refractivity contribution in [2.75, 3.05) is 28.4 Å². The van der Waals surface area contributed by atoms with Crippen LogP contribution in [0.4, 0.5) is 0 Å². The molecule has 0 heterocycles. The number of hydrogen-bond acceptors (Lipinski definition) is 8. The van der Waals surface area contributed by atoms with E-state index in [0.717, 1.165) is 11.1 Å². The molecule has 12 heteroatoms. The van der Waals surface area contributed by atoms with Crippen molar-refractivity contribution < 1.29 is 28.5 Å². The topological polar surface area (TPSA) is 120 Å². The molecule has 2 aromatic carbocycles. The summed E-state index contributed by atoms with van der Waals surface area (Å²) in [5, 5.41) is 7.93. The van der Waals surface area contributed by atoms with Crippen molar-refractivity contribution in [3.8, 4) is 23.0 Å². The Morgan fingerprint density at radius 3 is 1.44 bits per heavy atom. The van der Waals surface area contributed by atoms with Crippen molar-refractivity contribution in [3.05, 3.63) is 44.3 Å². The molecule has 0 aliphatic rings. The molecule has 0 saturated carbocycles. The summed E-state index contributed by atoms with van der Waals surface area (Å²) in [4.78, 5) is 24.0. The molecule has 0 fully saturated rings. The molecule has 0 aliphatic carbocycles. The second-order valence-corrected chi connectivity index (χ2v) is 8.98. The zero-order valence-corrected chi connectivity index (χ0v) is 23.6. The van der Waals surface area contributed by atoms with Gasteiger partial charge in [-0.05, 0) is 80.1 Å². The molecule has 0 saturated heterocycles. The smallest absolute Gasteiger partial charge is 0.240 e. The quantitative estimate of drug-likeness (QED) is 0.193. The molecular formula is C24H28Br2N4O6. The lowest BCUT2D eigenvalue weighted by Gasteiger charge is -2.10. The van der Waals surface area contributed by atoms with Crippen molar-refractivity contribution in [2.24, 2.45) is 10.2 Å². The van der Waals surface area contributed by atoms with E-state index < -0.39 is 0 Å². The van der Waals surface area contributed by atoms with Gasteiger partial charge in [-0.15, -0.1) is 0 Å². The number of methoxy groups -OCH3 is 4. The van der Waals surface area contributed by atoms with E-state index in [2.05, 4.69) is 52.9 Å². The Labute approximate surface area is 226 Å². The monoisotopic (exact) mass is 626 g/mol. The third kappa shape index (κ3) is 8.83. The Kier molecular flexibility index (Phi) is 12.2. The molecule has 0 aliphatic heterocycles. The Hall–Kier alpha value is -3.12. The molecule has 0 aromatic heterocycles. The number of nitrogens with one attached hydrogen (secondary N) is 2. The molecule has 0 atom stereocenters. The molecule has 36 heavy (non-hydrogen) atoms. The van der Waals surface area contributed by atoms with E-state index in [9.17, 15) is 9.59 Å². The van der Waals surface area contributed by atoms with Gasteiger partial charge >= 0.3 is 0 Å². The lowest BCUT2D eigenvalue weighted by Crippen LogP contribution is -2.19. The molecule has 0 bridgehead atoms. The van der Waals surface area contributed by atoms with Gasteiger partial charge in [-0.25, -0.2) is 10.9 Å². The average molecular weight is 628 g/mol. The Morgan fingerprint density at radius 2 is 1.11 bits per heavy atom. The van der Waals surface area contributed by atoms with Crippen LogP contribution in [-0.4, -0.2) is 52.7 Å². The predicted octanol–water partition coefficient (Wildman–Crippen LogP) is 4.41. The number of carbonyl (C=O) groups is 2. The fourth-order valence-electron chi connectivity index (χ4n) is 3.07. The molecular weight excluding hydrogens is 600 g/mol. The van der Waals surface area contributed by atoms with Crippen molar-refractivity contribution in [3.63, 3.8) is 0 Å². The zero-order valence-electron chi connectivity index (χ0n) is 20.4. The number of rotatable bonds is 13. The second-order valence-electron chi connectivity index (χ2n) is 7.27. The van der Waals surface area contributed by atoms with Gasteiger partial charge in [0.05, 0.1) is 49.8 Å². The number of carbonyl (C=O) groups excluding carboxylic acids is 2. The van der Waals surface area contributed by atoms with Crippen LogP contribution in [0.15, 0.2) is 43.4 Å². The van der Waals surface area contributed by atoms with E-state index in [4.69, 9.17) is 18.9 Å². The van der Waals surface area contributed by atoms with Crippen molar-refractivity contribution >= 4 is 56.1 Å². The summed E-state index contributed by atoms with van der Waals surface area (Å²) in [6, 6.07) is 7.07. The summed E-state index contributed by atoms with van der Waals surface area (Å²) in [5.74, 6) is 1.73. The highest BCUT2D eigenvalue weighted by Gasteiger charge is 2.11. The van der Waals surface area contributed by atoms with Gasteiger partial charge in [0.2, 0.25) is 11.8 Å². The van der Waals surface area contributed by atoms with Gasteiger partial charge in [0.1, 0.15) is 0 Å². The summed E-state index contributed by atoms with van der Waals surface area (Å²) >= 11 is 6.82. The van der Waals surface area contributed by atoms with Crippen LogP contribution >= 0.6 is 31.9 Å². The zero-order chi connectivity index (χ0) is 26.5. The maximum absolute atomic E-state index is 12.0. The Balaban J connectivity index is 1.72. The van der Waals surface area contributed by atoms with Crippen molar-refractivity contribution in [2.45, 2.75) is 25.7 Å². The van der Waals surface area contributed by atoms with E-state index in [0.29, 0.717) is 44.8 Å². The molecule has 2 aromatic rings. The Bertz CT molecular complexity index is 1040. The van der Waals surface area contributed by atoms with Crippen LogP contribution in [0.2, 0.25) is 0 Å². The second kappa shape index (κ2) is 15.1. The molecule has 0 spiro atoms. The van der Waals surface area contributed by atoms with Crippen LogP contribution in [0.25, 0.3) is 0 Å². The SMILES string of the molecule is COc1cc(C=NNC(=O)CCCCC(=O)NN=Cc2cc(Br)c(OC)c(OC)c2)cc(Br)c1OC. The minimum absolute atomic E-state index is 0.239. The van der Waals surface area contributed by atoms with E-state index in [-0.39, 0.29) is 24.7 Å². The third-order valence-electron chi connectivity index (χ3n) is 4.78. The summed E-state index contributed by atoms with van der Waals surface area (Å²) in [6.07, 6.45) is 4.55. The highest BCUT2D eigenvalue weighted by molar-refractivity contribution is 9.11. The number of amides is 2. The van der Waals surface area contributed by atoms with Crippen molar-refractivity contribution in [1.82, 2.24) is 10.9 Å². The molecule has 0 unspecified atom stereocenters. The Morgan fingerprint density at radius 1 is 0.722 bits per heavy atom. The van der Waals surface area contributed by atoms with Gasteiger partial charge in [-0.1, -0.05) is 0 Å². The standard InChI is InChI=1S/C24H28Br2N4O6/c1-33-19-11-15(9-17(25)23(19)35-3)13-27-29-21(31)7-5-6-8-22(32)30-28-14-16-10-18(26)24(36-4)20(12-16)34-2/h9-14H,5-8H2,1-4H3,(H,29,31)(H,30,32). The molecule has 0 radical (unpaired) electrons. The summed E-state index contributed by atoms with van der Waals surface area (Å²) in [6.45, 7) is 0. The first-order chi connectivity index (χ1) is 17.3. The first-order valence-electron chi connectivity index (χ1n) is 10.8. The minimum Gasteiger partial charge on any atom is -0.493 e. The van der Waals surface area contributed by atoms with Gasteiger partial charge in [0.25, 0.3) is 0 Å². The first-order valence-corrected chi connectivity index (χ1v) is 12.4. The van der Waals surface area contributed by atoms with Crippen LogP contribution in [0.5, 0.6) is 23.0 Å². The van der Waals surface area contributed by atoms with E-state index in [1.54, 1.807) is 38.5 Å². The average Bonchev–Trinajstić information content (AvgIpc) is 2.85. The number of unbranched alkanes of at least 4 members (excludes halogenated alkanes) is 1. The summed E-state index contributed by atoms with van der Waals surface area (Å²) in [7, 11) is 6.17. The molecule has 2 N–H and O–H groups in total. The number of hydrazone groups is 2. The molecule has 194 valence electrons. The van der Waals surface area contributed by atoms with Gasteiger partial charge < -0.3 is 18.9 Å². The lowest BCUT2D eigenvalue weighted by atomic mass is 10.2. The van der Waals surface area contributed by atoms with Crippen LogP contribution in [0.1, 0.15) is 36.8 Å². The number of hydrogen-bond donors (Lipinski definition) is 2. The van der Waals surface area contributed by atoms with Crippen LogP contribution < -0.4 is 29.8 Å². The maximum atomic E-state index is 12.0. The fourth-order valence-corrected chi connectivity index (χ4v) is 4.31. The van der Waals surface area contributed by atoms with E-state index in [1.807, 2.05) is 0 Å². The largest absolute Gasteiger partial charge is 0.493 e. The van der Waals surface area contributed by atoms with Gasteiger partial charge in [-0.2, -0.15) is 10.2 Å². The molecule has 2 rings (SSSR count). The van der Waals surface area contributed by atoms with Gasteiger partial charge in [-0.3, -0.25) is 9.59 Å². The van der Waals surface area contributed by atoms with Crippen LogP contribution in [-0.2, 0) is 9.59 Å². The number of ether oxygens (including phenoxy) is 4. The third-order valence-corrected chi connectivity index (χ3v) is 5.95. The molecule has 2 amide bonds. The van der Waals surface area contributed by atoms with Crippen LogP contribution in [0, 0.1) is 0 Å². The number of halogens is 2. The summed E-state index contributed by atoms with van der Waals surface area (Å²) in [5.41, 5.74) is 6.39. The fraction of sp³-hybridized carbons (Fsp3) is 0.333. The van der Waals surface area contributed by atoms with E-state index >= 15 is 0 Å². The number of nitrogens with zero attached hydrogens (tertiary/aromatic N) is 2. The predicted molar refractivity (Wildman–Crippen MR) is 144 cm³/mol. The number of benzene rings is 2. The van der Waals surface area contributed by atoms with Crippen LogP contribution in [0.3, 0.4) is 0 Å². The highest BCUT2D eigenvalue weighted by Crippen LogP contribution is 2.36. The first kappa shape index (κ1) is 29.1. The normalized spacial score (nSPS) is 10.9.